The van der Waals surface area contributed by atoms with Gasteiger partial charge < -0.3 is 15.0 Å². The van der Waals surface area contributed by atoms with Crippen molar-refractivity contribution in [3.63, 3.8) is 0 Å². The van der Waals surface area contributed by atoms with Crippen LogP contribution < -0.4 is 10.1 Å². The first kappa shape index (κ1) is 15.5. The summed E-state index contributed by atoms with van der Waals surface area (Å²) in [5.74, 6) is 0.888. The van der Waals surface area contributed by atoms with Gasteiger partial charge in [0.15, 0.2) is 0 Å². The second-order valence-corrected chi connectivity index (χ2v) is 6.83. The zero-order valence-electron chi connectivity index (χ0n) is 12.2. The minimum absolute atomic E-state index is 0.0219. The summed E-state index contributed by atoms with van der Waals surface area (Å²) in [5, 5.41) is 5.30. The molecular weight excluding hydrogens is 364 g/mol. The Hall–Kier alpha value is -1.37. The van der Waals surface area contributed by atoms with Crippen molar-refractivity contribution in [2.45, 2.75) is 6.04 Å². The highest BCUT2D eigenvalue weighted by molar-refractivity contribution is 9.10. The van der Waals surface area contributed by atoms with Crippen LogP contribution in [0.25, 0.3) is 0 Å². The topological polar surface area (TPSA) is 41.6 Å². The molecule has 6 heteroatoms. The van der Waals surface area contributed by atoms with Crippen LogP contribution in [0.2, 0.25) is 0 Å². The van der Waals surface area contributed by atoms with E-state index in [4.69, 9.17) is 4.74 Å². The van der Waals surface area contributed by atoms with Gasteiger partial charge in [0, 0.05) is 29.7 Å². The van der Waals surface area contributed by atoms with Crippen LogP contribution in [-0.2, 0) is 0 Å². The zero-order valence-corrected chi connectivity index (χ0v) is 14.6. The van der Waals surface area contributed by atoms with Crippen molar-refractivity contribution in [2.75, 3.05) is 26.7 Å². The van der Waals surface area contributed by atoms with Crippen molar-refractivity contribution in [1.82, 2.24) is 10.2 Å². The van der Waals surface area contributed by atoms with Gasteiger partial charge in [-0.2, -0.15) is 0 Å². The Bertz CT molecular complexity index is 674. The molecular formula is C16H17BrN2O2S. The lowest BCUT2D eigenvalue weighted by molar-refractivity contribution is 0.0636. The van der Waals surface area contributed by atoms with E-state index in [1.165, 1.54) is 11.3 Å². The molecule has 1 atom stereocenters. The number of benzene rings is 1. The Morgan fingerprint density at radius 3 is 2.95 bits per heavy atom. The molecule has 1 N–H and O–H groups in total. The molecule has 1 aromatic carbocycles. The van der Waals surface area contributed by atoms with Gasteiger partial charge >= 0.3 is 0 Å². The van der Waals surface area contributed by atoms with Crippen molar-refractivity contribution in [1.29, 1.82) is 0 Å². The Kier molecular flexibility index (Phi) is 4.81. The van der Waals surface area contributed by atoms with Crippen molar-refractivity contribution < 1.29 is 9.53 Å². The van der Waals surface area contributed by atoms with E-state index in [2.05, 4.69) is 21.2 Å². The second-order valence-electron chi connectivity index (χ2n) is 5.06. The number of methoxy groups -OCH3 is 1. The second kappa shape index (κ2) is 6.81. The summed E-state index contributed by atoms with van der Waals surface area (Å²) in [6.45, 7) is 2.22. The molecule has 0 aliphatic carbocycles. The summed E-state index contributed by atoms with van der Waals surface area (Å²) in [4.78, 5) is 15.6. The lowest BCUT2D eigenvalue weighted by atomic mass is 10.0. The number of thiophene rings is 1. The van der Waals surface area contributed by atoms with Crippen LogP contribution in [0.1, 0.15) is 21.3 Å². The average Bonchev–Trinajstić information content (AvgIpc) is 3.00. The molecule has 1 aliphatic rings. The fraction of sp³-hybridized carbons (Fsp3) is 0.312. The predicted octanol–water partition coefficient (Wildman–Crippen LogP) is 3.31. The van der Waals surface area contributed by atoms with Gasteiger partial charge in [0.05, 0.1) is 13.2 Å². The zero-order chi connectivity index (χ0) is 15.5. The van der Waals surface area contributed by atoms with Gasteiger partial charge in [-0.15, -0.1) is 11.3 Å². The highest BCUT2D eigenvalue weighted by Gasteiger charge is 2.31. The summed E-state index contributed by atoms with van der Waals surface area (Å²) in [5.41, 5.74) is 1.04. The van der Waals surface area contributed by atoms with Crippen LogP contribution in [0, 0.1) is 0 Å². The molecule has 0 saturated carbocycles. The molecule has 2 aromatic rings. The van der Waals surface area contributed by atoms with Gasteiger partial charge in [-0.1, -0.05) is 18.2 Å². The number of carbonyl (C=O) groups is 1. The first-order valence-corrected chi connectivity index (χ1v) is 8.77. The lowest BCUT2D eigenvalue weighted by Crippen LogP contribution is -2.48. The number of hydrogen-bond acceptors (Lipinski definition) is 4. The molecule has 22 heavy (non-hydrogen) atoms. The van der Waals surface area contributed by atoms with E-state index in [-0.39, 0.29) is 11.9 Å². The van der Waals surface area contributed by atoms with E-state index in [1.54, 1.807) is 7.11 Å². The maximum absolute atomic E-state index is 12.9. The van der Waals surface area contributed by atoms with Crippen molar-refractivity contribution in [3.05, 3.63) is 50.6 Å². The monoisotopic (exact) mass is 380 g/mol. The van der Waals surface area contributed by atoms with Crippen LogP contribution in [-0.4, -0.2) is 37.6 Å². The maximum atomic E-state index is 12.9. The highest BCUT2D eigenvalue weighted by atomic mass is 79.9. The van der Waals surface area contributed by atoms with Gasteiger partial charge in [0.1, 0.15) is 10.6 Å². The summed E-state index contributed by atoms with van der Waals surface area (Å²) >= 11 is 4.93. The van der Waals surface area contributed by atoms with E-state index >= 15 is 0 Å². The van der Waals surface area contributed by atoms with Crippen molar-refractivity contribution in [2.24, 2.45) is 0 Å². The molecule has 1 aliphatic heterocycles. The molecule has 1 unspecified atom stereocenters. The van der Waals surface area contributed by atoms with E-state index in [1.807, 2.05) is 40.6 Å². The fourth-order valence-electron chi connectivity index (χ4n) is 2.74. The number of rotatable bonds is 3. The number of para-hydroxylation sites is 1. The van der Waals surface area contributed by atoms with Crippen LogP contribution in [0.3, 0.4) is 0 Å². The van der Waals surface area contributed by atoms with Crippen LogP contribution in [0.4, 0.5) is 0 Å². The van der Waals surface area contributed by atoms with E-state index in [9.17, 15) is 4.79 Å². The SMILES string of the molecule is COc1ccccc1C1CNCCN1C(=O)c1sccc1Br. The summed E-state index contributed by atoms with van der Waals surface area (Å²) in [7, 11) is 1.66. The van der Waals surface area contributed by atoms with Crippen LogP contribution in [0.15, 0.2) is 40.2 Å². The van der Waals surface area contributed by atoms with Crippen LogP contribution >= 0.6 is 27.3 Å². The summed E-state index contributed by atoms with van der Waals surface area (Å²) in [6.07, 6.45) is 0. The molecule has 1 fully saturated rings. The molecule has 1 saturated heterocycles. The Morgan fingerprint density at radius 2 is 2.23 bits per heavy atom. The Balaban J connectivity index is 1.95. The largest absolute Gasteiger partial charge is 0.496 e. The maximum Gasteiger partial charge on any atom is 0.265 e. The molecule has 1 aromatic heterocycles. The summed E-state index contributed by atoms with van der Waals surface area (Å²) < 4.78 is 6.33. The Labute approximate surface area is 142 Å². The normalized spacial score (nSPS) is 18.3. The minimum Gasteiger partial charge on any atom is -0.496 e. The van der Waals surface area contributed by atoms with Gasteiger partial charge in [-0.05, 0) is 33.4 Å². The first-order chi connectivity index (χ1) is 10.7. The summed E-state index contributed by atoms with van der Waals surface area (Å²) in [6, 6.07) is 9.79. The average molecular weight is 381 g/mol. The first-order valence-electron chi connectivity index (χ1n) is 7.10. The van der Waals surface area contributed by atoms with Crippen LogP contribution in [0.5, 0.6) is 5.75 Å². The number of ether oxygens (including phenoxy) is 1. The minimum atomic E-state index is -0.0219. The van der Waals surface area contributed by atoms with Crippen molar-refractivity contribution in [3.8, 4) is 5.75 Å². The number of nitrogens with zero attached hydrogens (tertiary/aromatic N) is 1. The van der Waals surface area contributed by atoms with E-state index in [0.717, 1.165) is 33.8 Å². The number of carbonyl (C=O) groups excluding carboxylic acids is 1. The molecule has 0 bridgehead atoms. The third-order valence-electron chi connectivity index (χ3n) is 3.81. The molecule has 4 nitrogen and oxygen atoms in total. The fourth-order valence-corrected chi connectivity index (χ4v) is 4.24. The quantitative estimate of drug-likeness (QED) is 0.887. The molecule has 0 spiro atoms. The number of hydrogen-bond donors (Lipinski definition) is 1. The highest BCUT2D eigenvalue weighted by Crippen LogP contribution is 2.33. The predicted molar refractivity (Wildman–Crippen MR) is 91.7 cm³/mol. The van der Waals surface area contributed by atoms with E-state index in [0.29, 0.717) is 6.54 Å². The number of halogens is 1. The smallest absolute Gasteiger partial charge is 0.265 e. The van der Waals surface area contributed by atoms with Gasteiger partial charge in [0.25, 0.3) is 5.91 Å². The molecule has 3 rings (SSSR count). The van der Waals surface area contributed by atoms with Gasteiger partial charge in [-0.3, -0.25) is 4.79 Å². The standard InChI is InChI=1S/C16H17BrN2O2S/c1-21-14-5-3-2-4-11(14)13-10-18-7-8-19(13)16(20)15-12(17)6-9-22-15/h2-6,9,13,18H,7-8,10H2,1H3. The molecule has 116 valence electrons. The number of piperazine rings is 1. The van der Waals surface area contributed by atoms with Crippen molar-refractivity contribution >= 4 is 33.2 Å². The molecule has 1 amide bonds. The lowest BCUT2D eigenvalue weighted by Gasteiger charge is -2.37. The third kappa shape index (κ3) is 2.91. The molecule has 0 radical (unpaired) electrons. The van der Waals surface area contributed by atoms with Gasteiger partial charge in [0.2, 0.25) is 0 Å². The number of nitrogens with one attached hydrogen (secondary N) is 1. The Morgan fingerprint density at radius 1 is 1.41 bits per heavy atom. The van der Waals surface area contributed by atoms with E-state index < -0.39 is 0 Å². The molecule has 2 heterocycles. The third-order valence-corrected chi connectivity index (χ3v) is 5.64. The van der Waals surface area contributed by atoms with Gasteiger partial charge in [-0.25, -0.2) is 0 Å². The number of amides is 1.